The summed E-state index contributed by atoms with van der Waals surface area (Å²) in [6.07, 6.45) is 1.59. The molecule has 0 amide bonds. The third kappa shape index (κ3) is 2.58. The molecule has 5 heteroatoms. The van der Waals surface area contributed by atoms with Crippen LogP contribution in [0.2, 0.25) is 0 Å². The van der Waals surface area contributed by atoms with E-state index >= 15 is 0 Å². The summed E-state index contributed by atoms with van der Waals surface area (Å²) in [6, 6.07) is 8.89. The Labute approximate surface area is 111 Å². The molecule has 0 atom stereocenters. The van der Waals surface area contributed by atoms with Crippen molar-refractivity contribution in [2.24, 2.45) is 0 Å². The molecule has 1 heterocycles. The molecule has 2 N–H and O–H groups in total. The van der Waals surface area contributed by atoms with Crippen LogP contribution in [0.25, 0.3) is 0 Å². The summed E-state index contributed by atoms with van der Waals surface area (Å²) in [7, 11) is 1.56. The van der Waals surface area contributed by atoms with Gasteiger partial charge in [0, 0.05) is 12.3 Å². The fourth-order valence-electron chi connectivity index (χ4n) is 1.58. The lowest BCUT2D eigenvalue weighted by Gasteiger charge is -2.11. The van der Waals surface area contributed by atoms with Crippen LogP contribution in [0.1, 0.15) is 11.1 Å². The van der Waals surface area contributed by atoms with E-state index < -0.39 is 0 Å². The third-order valence-electron chi connectivity index (χ3n) is 2.66. The Bertz CT molecular complexity index is 648. The predicted molar refractivity (Wildman–Crippen MR) is 71.2 cm³/mol. The van der Waals surface area contributed by atoms with E-state index in [4.69, 9.17) is 20.5 Å². The van der Waals surface area contributed by atoms with Crippen molar-refractivity contribution < 1.29 is 9.47 Å². The van der Waals surface area contributed by atoms with Crippen molar-refractivity contribution in [1.29, 1.82) is 5.26 Å². The second-order valence-corrected chi connectivity index (χ2v) is 3.93. The molecule has 96 valence electrons. The molecule has 2 aromatic rings. The first-order chi connectivity index (χ1) is 9.15. The molecule has 0 spiro atoms. The topological polar surface area (TPSA) is 81.2 Å². The van der Waals surface area contributed by atoms with Crippen molar-refractivity contribution in [3.8, 4) is 23.4 Å². The lowest BCUT2D eigenvalue weighted by atomic mass is 10.2. The highest BCUT2D eigenvalue weighted by Crippen LogP contribution is 2.32. The molecule has 19 heavy (non-hydrogen) atoms. The number of aromatic nitrogens is 1. The maximum Gasteiger partial charge on any atom is 0.237 e. The monoisotopic (exact) mass is 255 g/mol. The quantitative estimate of drug-likeness (QED) is 0.852. The molecule has 0 radical (unpaired) electrons. The molecule has 2 rings (SSSR count). The van der Waals surface area contributed by atoms with Crippen LogP contribution < -0.4 is 15.2 Å². The molecule has 0 fully saturated rings. The Balaban J connectivity index is 2.42. The van der Waals surface area contributed by atoms with Crippen LogP contribution in [-0.2, 0) is 0 Å². The maximum atomic E-state index is 9.12. The van der Waals surface area contributed by atoms with Crippen LogP contribution in [0, 0.1) is 18.3 Å². The average Bonchev–Trinajstić information content (AvgIpc) is 2.41. The molecule has 0 saturated carbocycles. The average molecular weight is 255 g/mol. The summed E-state index contributed by atoms with van der Waals surface area (Å²) in [6.45, 7) is 1.82. The van der Waals surface area contributed by atoms with Gasteiger partial charge in [0.05, 0.1) is 12.8 Å². The van der Waals surface area contributed by atoms with Crippen molar-refractivity contribution in [2.75, 3.05) is 12.8 Å². The molecule has 1 aromatic carbocycles. The Morgan fingerprint density at radius 2 is 2.11 bits per heavy atom. The summed E-state index contributed by atoms with van der Waals surface area (Å²) in [5.74, 6) is 1.27. The zero-order valence-electron chi connectivity index (χ0n) is 10.7. The number of hydrogen-bond donors (Lipinski definition) is 1. The van der Waals surface area contributed by atoms with E-state index in [-0.39, 0.29) is 5.88 Å². The maximum absolute atomic E-state index is 9.12. The van der Waals surface area contributed by atoms with Crippen LogP contribution in [0.15, 0.2) is 30.5 Å². The lowest BCUT2D eigenvalue weighted by Crippen LogP contribution is -1.97. The SMILES string of the molecule is COc1ccc(N)c(Oc2nccc(C)c2C#N)c1. The van der Waals surface area contributed by atoms with Gasteiger partial charge in [0.2, 0.25) is 5.88 Å². The fourth-order valence-corrected chi connectivity index (χ4v) is 1.58. The minimum atomic E-state index is 0.238. The van der Waals surface area contributed by atoms with E-state index in [0.717, 1.165) is 5.56 Å². The molecule has 0 aliphatic heterocycles. The van der Waals surface area contributed by atoms with Crippen molar-refractivity contribution >= 4 is 5.69 Å². The number of nitrogens with zero attached hydrogens (tertiary/aromatic N) is 2. The lowest BCUT2D eigenvalue weighted by molar-refractivity contribution is 0.407. The van der Waals surface area contributed by atoms with E-state index in [1.807, 2.05) is 6.92 Å². The Kier molecular flexibility index (Phi) is 3.53. The summed E-state index contributed by atoms with van der Waals surface area (Å²) in [5, 5.41) is 9.12. The van der Waals surface area contributed by atoms with Gasteiger partial charge in [-0.05, 0) is 30.7 Å². The van der Waals surface area contributed by atoms with Crippen molar-refractivity contribution in [3.63, 3.8) is 0 Å². The van der Waals surface area contributed by atoms with Gasteiger partial charge in [0.25, 0.3) is 0 Å². The van der Waals surface area contributed by atoms with Crippen LogP contribution in [0.3, 0.4) is 0 Å². The normalized spacial score (nSPS) is 9.74. The van der Waals surface area contributed by atoms with Gasteiger partial charge < -0.3 is 15.2 Å². The molecular weight excluding hydrogens is 242 g/mol. The fraction of sp³-hybridized carbons (Fsp3) is 0.143. The molecule has 0 aliphatic carbocycles. The summed E-state index contributed by atoms with van der Waals surface area (Å²) in [4.78, 5) is 4.06. The molecule has 1 aromatic heterocycles. The zero-order chi connectivity index (χ0) is 13.8. The molecule has 0 saturated heterocycles. The first kappa shape index (κ1) is 12.7. The Morgan fingerprint density at radius 1 is 1.32 bits per heavy atom. The zero-order valence-corrected chi connectivity index (χ0v) is 10.7. The molecule has 0 bridgehead atoms. The number of pyridine rings is 1. The van der Waals surface area contributed by atoms with Crippen LogP contribution in [-0.4, -0.2) is 12.1 Å². The van der Waals surface area contributed by atoms with Crippen LogP contribution in [0.4, 0.5) is 5.69 Å². The highest BCUT2D eigenvalue weighted by molar-refractivity contribution is 5.57. The van der Waals surface area contributed by atoms with Gasteiger partial charge in [-0.3, -0.25) is 0 Å². The van der Waals surface area contributed by atoms with Crippen molar-refractivity contribution in [1.82, 2.24) is 4.98 Å². The number of nitriles is 1. The van der Waals surface area contributed by atoms with Gasteiger partial charge in [-0.1, -0.05) is 0 Å². The smallest absolute Gasteiger partial charge is 0.237 e. The minimum Gasteiger partial charge on any atom is -0.497 e. The van der Waals surface area contributed by atoms with Gasteiger partial charge in [-0.25, -0.2) is 4.98 Å². The van der Waals surface area contributed by atoms with E-state index in [2.05, 4.69) is 11.1 Å². The first-order valence-corrected chi connectivity index (χ1v) is 5.62. The van der Waals surface area contributed by atoms with E-state index in [1.54, 1.807) is 37.6 Å². The highest BCUT2D eigenvalue weighted by Gasteiger charge is 2.11. The number of aryl methyl sites for hydroxylation is 1. The van der Waals surface area contributed by atoms with Gasteiger partial charge in [-0.2, -0.15) is 5.26 Å². The van der Waals surface area contributed by atoms with Gasteiger partial charge in [0.1, 0.15) is 17.4 Å². The van der Waals surface area contributed by atoms with E-state index in [1.165, 1.54) is 0 Å². The summed E-state index contributed by atoms with van der Waals surface area (Å²) in [5.41, 5.74) is 7.48. The van der Waals surface area contributed by atoms with Crippen LogP contribution >= 0.6 is 0 Å². The number of rotatable bonds is 3. The number of anilines is 1. The van der Waals surface area contributed by atoms with Gasteiger partial charge >= 0.3 is 0 Å². The summed E-state index contributed by atoms with van der Waals surface area (Å²) < 4.78 is 10.7. The van der Waals surface area contributed by atoms with Crippen LogP contribution in [0.5, 0.6) is 17.4 Å². The number of nitrogen functional groups attached to an aromatic ring is 1. The van der Waals surface area contributed by atoms with E-state index in [0.29, 0.717) is 22.7 Å². The Hall–Kier alpha value is -2.74. The second kappa shape index (κ2) is 5.27. The van der Waals surface area contributed by atoms with Crippen molar-refractivity contribution in [3.05, 3.63) is 41.6 Å². The molecule has 5 nitrogen and oxygen atoms in total. The standard InChI is InChI=1S/C14H13N3O2/c1-9-5-6-17-14(11(9)8-15)19-13-7-10(18-2)3-4-12(13)16/h3-7H,16H2,1-2H3. The highest BCUT2D eigenvalue weighted by atomic mass is 16.5. The Morgan fingerprint density at radius 3 is 2.79 bits per heavy atom. The number of nitrogens with two attached hydrogens (primary N) is 1. The largest absolute Gasteiger partial charge is 0.497 e. The molecular formula is C14H13N3O2. The van der Waals surface area contributed by atoms with Gasteiger partial charge in [0.15, 0.2) is 5.75 Å². The summed E-state index contributed by atoms with van der Waals surface area (Å²) >= 11 is 0. The molecule has 0 aliphatic rings. The first-order valence-electron chi connectivity index (χ1n) is 5.62. The second-order valence-electron chi connectivity index (χ2n) is 3.93. The van der Waals surface area contributed by atoms with E-state index in [9.17, 15) is 0 Å². The number of ether oxygens (including phenoxy) is 2. The number of methoxy groups -OCH3 is 1. The number of hydrogen-bond acceptors (Lipinski definition) is 5. The minimum absolute atomic E-state index is 0.238. The predicted octanol–water partition coefficient (Wildman–Crippen LogP) is 2.64. The molecule has 0 unspecified atom stereocenters. The van der Waals surface area contributed by atoms with Crippen molar-refractivity contribution in [2.45, 2.75) is 6.92 Å². The van der Waals surface area contributed by atoms with Gasteiger partial charge in [-0.15, -0.1) is 0 Å². The third-order valence-corrected chi connectivity index (χ3v) is 2.66. The number of benzene rings is 1.